The Morgan fingerprint density at radius 2 is 1.89 bits per heavy atom. The van der Waals surface area contributed by atoms with Gasteiger partial charge in [-0.15, -0.1) is 8.78 Å². The summed E-state index contributed by atoms with van der Waals surface area (Å²) < 4.78 is 44.6. The van der Waals surface area contributed by atoms with Gasteiger partial charge in [0.25, 0.3) is 0 Å². The third-order valence-electron chi connectivity index (χ3n) is 4.90. The van der Waals surface area contributed by atoms with Crippen LogP contribution in [0.1, 0.15) is 25.5 Å². The first-order chi connectivity index (χ1) is 13.6. The normalized spacial score (nSPS) is 20.3. The molecule has 0 radical (unpaired) electrons. The van der Waals surface area contributed by atoms with Gasteiger partial charge >= 0.3 is 6.29 Å². The van der Waals surface area contributed by atoms with Crippen molar-refractivity contribution in [2.24, 2.45) is 0 Å². The van der Waals surface area contributed by atoms with Crippen LogP contribution in [0, 0.1) is 0 Å². The molecule has 2 aliphatic heterocycles. The first kappa shape index (κ1) is 17.1. The van der Waals surface area contributed by atoms with Crippen LogP contribution in [0.15, 0.2) is 48.9 Å². The van der Waals surface area contributed by atoms with Crippen LogP contribution in [-0.2, 0) is 4.74 Å². The van der Waals surface area contributed by atoms with Gasteiger partial charge in [0.1, 0.15) is 0 Å². The van der Waals surface area contributed by atoms with E-state index in [1.54, 1.807) is 35.4 Å². The fourth-order valence-corrected chi connectivity index (χ4v) is 3.66. The molecule has 1 saturated heterocycles. The summed E-state index contributed by atoms with van der Waals surface area (Å²) in [4.78, 5) is 4.05. The molecule has 2 aliphatic rings. The highest BCUT2D eigenvalue weighted by atomic mass is 19.3. The summed E-state index contributed by atoms with van der Waals surface area (Å²) in [6.45, 7) is 0.638. The molecule has 1 aromatic carbocycles. The Morgan fingerprint density at radius 3 is 2.68 bits per heavy atom. The van der Waals surface area contributed by atoms with E-state index in [9.17, 15) is 8.78 Å². The van der Waals surface area contributed by atoms with Gasteiger partial charge in [0.05, 0.1) is 11.9 Å². The van der Waals surface area contributed by atoms with Crippen LogP contribution in [0.4, 0.5) is 8.78 Å². The molecule has 0 spiro atoms. The maximum Gasteiger partial charge on any atom is 0.586 e. The monoisotopic (exact) mass is 385 g/mol. The van der Waals surface area contributed by atoms with Crippen molar-refractivity contribution in [2.45, 2.75) is 31.8 Å². The van der Waals surface area contributed by atoms with E-state index >= 15 is 0 Å². The van der Waals surface area contributed by atoms with Crippen LogP contribution in [0.2, 0.25) is 0 Å². The average molecular weight is 385 g/mol. The molecule has 5 rings (SSSR count). The first-order valence-corrected chi connectivity index (χ1v) is 9.11. The lowest BCUT2D eigenvalue weighted by molar-refractivity contribution is -0.286. The zero-order valence-electron chi connectivity index (χ0n) is 14.8. The number of benzene rings is 1. The molecule has 1 atom stereocenters. The van der Waals surface area contributed by atoms with Crippen LogP contribution in [-0.4, -0.2) is 27.7 Å². The maximum absolute atomic E-state index is 13.7. The Balaban J connectivity index is 1.70. The second kappa shape index (κ2) is 6.56. The van der Waals surface area contributed by atoms with Gasteiger partial charge in [-0.05, 0) is 49.1 Å². The molecule has 6 nitrogen and oxygen atoms in total. The molecule has 0 N–H and O–H groups in total. The second-order valence-electron chi connectivity index (χ2n) is 6.71. The molecule has 4 heterocycles. The van der Waals surface area contributed by atoms with Crippen molar-refractivity contribution in [1.29, 1.82) is 0 Å². The van der Waals surface area contributed by atoms with Crippen molar-refractivity contribution in [3.05, 3.63) is 48.9 Å². The van der Waals surface area contributed by atoms with Crippen molar-refractivity contribution in [3.63, 3.8) is 0 Å². The van der Waals surface area contributed by atoms with Crippen LogP contribution in [0.5, 0.6) is 11.5 Å². The van der Waals surface area contributed by atoms with Crippen molar-refractivity contribution >= 4 is 0 Å². The number of hydrogen-bond acceptors (Lipinski definition) is 5. The molecule has 0 amide bonds. The van der Waals surface area contributed by atoms with Crippen LogP contribution < -0.4 is 9.47 Å². The number of aromatic nitrogens is 3. The lowest BCUT2D eigenvalue weighted by atomic mass is 10.0. The fraction of sp³-hybridized carbons (Fsp3) is 0.300. The van der Waals surface area contributed by atoms with Crippen molar-refractivity contribution in [1.82, 2.24) is 14.8 Å². The first-order valence-electron chi connectivity index (χ1n) is 9.11. The minimum absolute atomic E-state index is 0.000338. The molecule has 144 valence electrons. The average Bonchev–Trinajstić information content (AvgIpc) is 3.28. The van der Waals surface area contributed by atoms with Crippen molar-refractivity contribution in [3.8, 4) is 33.9 Å². The van der Waals surface area contributed by atoms with Gasteiger partial charge in [-0.25, -0.2) is 4.68 Å². The molecule has 3 aromatic rings. The van der Waals surface area contributed by atoms with Gasteiger partial charge in [0.2, 0.25) is 0 Å². The molecule has 0 bridgehead atoms. The Hall–Kier alpha value is -3.00. The number of halogens is 2. The SMILES string of the molecule is FC1(F)Oc2cccc(-c3c(-c4ccncc4)cnn3C3CCCCO3)c2O1. The lowest BCUT2D eigenvalue weighted by Crippen LogP contribution is -2.26. The van der Waals surface area contributed by atoms with Gasteiger partial charge < -0.3 is 14.2 Å². The number of pyridine rings is 1. The minimum Gasteiger partial charge on any atom is -0.395 e. The third kappa shape index (κ3) is 2.90. The molecule has 2 aromatic heterocycles. The number of alkyl halides is 2. The third-order valence-corrected chi connectivity index (χ3v) is 4.90. The summed E-state index contributed by atoms with van der Waals surface area (Å²) in [7, 11) is 0. The van der Waals surface area contributed by atoms with E-state index in [2.05, 4.69) is 14.8 Å². The highest BCUT2D eigenvalue weighted by Gasteiger charge is 2.45. The van der Waals surface area contributed by atoms with E-state index in [-0.39, 0.29) is 17.7 Å². The molecule has 1 unspecified atom stereocenters. The van der Waals surface area contributed by atoms with Gasteiger partial charge in [0.15, 0.2) is 17.7 Å². The molecule has 8 heteroatoms. The minimum atomic E-state index is -3.69. The number of ether oxygens (including phenoxy) is 3. The van der Waals surface area contributed by atoms with Crippen LogP contribution in [0.3, 0.4) is 0 Å². The van der Waals surface area contributed by atoms with E-state index in [0.29, 0.717) is 17.9 Å². The Morgan fingerprint density at radius 1 is 1.04 bits per heavy atom. The molecule has 0 saturated carbocycles. The highest BCUT2D eigenvalue weighted by Crippen LogP contribution is 2.49. The molecule has 28 heavy (non-hydrogen) atoms. The zero-order chi connectivity index (χ0) is 19.1. The summed E-state index contributed by atoms with van der Waals surface area (Å²) in [5.41, 5.74) is 2.78. The number of para-hydroxylation sites is 1. The largest absolute Gasteiger partial charge is 0.586 e. The summed E-state index contributed by atoms with van der Waals surface area (Å²) in [6, 6.07) is 8.55. The number of rotatable bonds is 3. The van der Waals surface area contributed by atoms with Gasteiger partial charge in [-0.1, -0.05) is 6.07 Å². The molecular weight excluding hydrogens is 368 g/mol. The Kier molecular flexibility index (Phi) is 4.01. The zero-order valence-corrected chi connectivity index (χ0v) is 14.8. The van der Waals surface area contributed by atoms with Crippen molar-refractivity contribution in [2.75, 3.05) is 6.61 Å². The molecule has 1 fully saturated rings. The lowest BCUT2D eigenvalue weighted by Gasteiger charge is -2.25. The quantitative estimate of drug-likeness (QED) is 0.658. The maximum atomic E-state index is 13.7. The van der Waals surface area contributed by atoms with E-state index in [4.69, 9.17) is 9.47 Å². The molecular formula is C20H17F2N3O3. The highest BCUT2D eigenvalue weighted by molar-refractivity contribution is 5.85. The van der Waals surface area contributed by atoms with Gasteiger partial charge in [-0.2, -0.15) is 5.10 Å². The smallest absolute Gasteiger partial charge is 0.395 e. The second-order valence-corrected chi connectivity index (χ2v) is 6.71. The summed E-state index contributed by atoms with van der Waals surface area (Å²) >= 11 is 0. The molecule has 0 aliphatic carbocycles. The van der Waals surface area contributed by atoms with Crippen LogP contribution in [0.25, 0.3) is 22.4 Å². The van der Waals surface area contributed by atoms with Gasteiger partial charge in [0, 0.05) is 30.1 Å². The fourth-order valence-electron chi connectivity index (χ4n) is 3.66. The predicted octanol–water partition coefficient (Wildman–Crippen LogP) is 4.63. The van der Waals surface area contributed by atoms with Crippen LogP contribution >= 0.6 is 0 Å². The Bertz CT molecular complexity index is 1000. The number of fused-ring (bicyclic) bond motifs is 1. The summed E-state index contributed by atoms with van der Waals surface area (Å²) in [5.74, 6) is 0.000793. The van der Waals surface area contributed by atoms with E-state index in [1.165, 1.54) is 6.07 Å². The summed E-state index contributed by atoms with van der Waals surface area (Å²) in [6.07, 6.45) is 3.92. The van der Waals surface area contributed by atoms with E-state index in [1.807, 2.05) is 12.1 Å². The summed E-state index contributed by atoms with van der Waals surface area (Å²) in [5, 5.41) is 4.54. The predicted molar refractivity (Wildman–Crippen MR) is 95.9 cm³/mol. The Labute approximate surface area is 159 Å². The standard InChI is InChI=1S/C20H17F2N3O3/c21-20(22)27-16-5-3-4-14(19(16)28-20)18-15(13-7-9-23-10-8-13)12-24-25(18)17-6-1-2-11-26-17/h3-5,7-10,12,17H,1-2,6,11H2. The number of nitrogens with zero attached hydrogens (tertiary/aromatic N) is 3. The topological polar surface area (TPSA) is 58.4 Å². The number of hydrogen-bond donors (Lipinski definition) is 0. The van der Waals surface area contributed by atoms with Gasteiger partial charge in [-0.3, -0.25) is 4.98 Å². The van der Waals surface area contributed by atoms with E-state index < -0.39 is 6.29 Å². The van der Waals surface area contributed by atoms with Crippen molar-refractivity contribution < 1.29 is 23.0 Å². The van der Waals surface area contributed by atoms with E-state index in [0.717, 1.165) is 30.4 Å².